The summed E-state index contributed by atoms with van der Waals surface area (Å²) in [7, 11) is 0. The average molecular weight is 444 g/mol. The van der Waals surface area contributed by atoms with Gasteiger partial charge in [-0.05, 0) is 42.9 Å². The summed E-state index contributed by atoms with van der Waals surface area (Å²) in [5, 5.41) is 14.7. The van der Waals surface area contributed by atoms with Crippen LogP contribution >= 0.6 is 0 Å². The van der Waals surface area contributed by atoms with Gasteiger partial charge in [0.15, 0.2) is 0 Å². The van der Waals surface area contributed by atoms with Crippen LogP contribution in [0.25, 0.3) is 0 Å². The number of para-hydroxylation sites is 2. The minimum Gasteiger partial charge on any atom is -0.366 e. The number of rotatable bonds is 8. The van der Waals surface area contributed by atoms with Gasteiger partial charge in [-0.25, -0.2) is 0 Å². The van der Waals surface area contributed by atoms with Crippen LogP contribution in [0.15, 0.2) is 84.9 Å². The lowest BCUT2D eigenvalue weighted by Crippen LogP contribution is -2.41. The SMILES string of the molecule is O=C(NC(CCc1ccccc1)c1ccccc1)C1CCN(c2ccccc2[N+](=O)[O-])CC1. The second-order valence-corrected chi connectivity index (χ2v) is 8.50. The van der Waals surface area contributed by atoms with Gasteiger partial charge in [0.2, 0.25) is 5.91 Å². The Hall–Kier alpha value is -3.67. The summed E-state index contributed by atoms with van der Waals surface area (Å²) < 4.78 is 0. The first-order valence-electron chi connectivity index (χ1n) is 11.5. The number of carbonyl (C=O) groups excluding carboxylic acids is 1. The van der Waals surface area contributed by atoms with Crippen molar-refractivity contribution in [2.24, 2.45) is 5.92 Å². The third-order valence-corrected chi connectivity index (χ3v) is 6.37. The number of benzene rings is 3. The Morgan fingerprint density at radius 1 is 0.939 bits per heavy atom. The molecule has 1 heterocycles. The molecule has 0 spiro atoms. The molecule has 0 radical (unpaired) electrons. The van der Waals surface area contributed by atoms with Gasteiger partial charge < -0.3 is 10.2 Å². The standard InChI is InChI=1S/C27H29N3O3/c31-27(23-17-19-29(20-18-23)25-13-7-8-14-26(25)30(32)33)28-24(22-11-5-2-6-12-22)16-15-21-9-3-1-4-10-21/h1-14,23-24H,15-20H2,(H,28,31). The topological polar surface area (TPSA) is 75.5 Å². The van der Waals surface area contributed by atoms with Crippen molar-refractivity contribution in [2.75, 3.05) is 18.0 Å². The predicted molar refractivity (Wildman–Crippen MR) is 130 cm³/mol. The molecule has 1 N–H and O–H groups in total. The van der Waals surface area contributed by atoms with E-state index in [1.54, 1.807) is 12.1 Å². The van der Waals surface area contributed by atoms with Crippen molar-refractivity contribution in [3.8, 4) is 0 Å². The molecule has 1 saturated heterocycles. The molecule has 1 fully saturated rings. The number of aryl methyl sites for hydroxylation is 1. The molecular weight excluding hydrogens is 414 g/mol. The fraction of sp³-hybridized carbons (Fsp3) is 0.296. The maximum atomic E-state index is 13.2. The zero-order valence-corrected chi connectivity index (χ0v) is 18.6. The molecule has 0 saturated carbocycles. The Labute approximate surface area is 194 Å². The van der Waals surface area contributed by atoms with Gasteiger partial charge in [-0.1, -0.05) is 72.8 Å². The molecule has 170 valence electrons. The number of carbonyl (C=O) groups is 1. The van der Waals surface area contributed by atoms with Crippen LogP contribution in [-0.2, 0) is 11.2 Å². The van der Waals surface area contributed by atoms with Gasteiger partial charge in [0, 0.05) is 25.1 Å². The zero-order valence-electron chi connectivity index (χ0n) is 18.6. The van der Waals surface area contributed by atoms with Crippen molar-refractivity contribution in [2.45, 2.75) is 31.7 Å². The summed E-state index contributed by atoms with van der Waals surface area (Å²) >= 11 is 0. The van der Waals surface area contributed by atoms with Crippen LogP contribution in [0.4, 0.5) is 11.4 Å². The van der Waals surface area contributed by atoms with Crippen molar-refractivity contribution >= 4 is 17.3 Å². The molecule has 1 amide bonds. The first-order valence-corrected chi connectivity index (χ1v) is 11.5. The van der Waals surface area contributed by atoms with E-state index in [-0.39, 0.29) is 28.5 Å². The Morgan fingerprint density at radius 2 is 1.55 bits per heavy atom. The van der Waals surface area contributed by atoms with E-state index >= 15 is 0 Å². The highest BCUT2D eigenvalue weighted by molar-refractivity contribution is 5.79. The summed E-state index contributed by atoms with van der Waals surface area (Å²) in [5.74, 6) is -0.0221. The highest BCUT2D eigenvalue weighted by Crippen LogP contribution is 2.31. The fourth-order valence-corrected chi connectivity index (χ4v) is 4.52. The Bertz CT molecular complexity index is 1060. The normalized spacial score (nSPS) is 15.1. The van der Waals surface area contributed by atoms with E-state index in [0.717, 1.165) is 18.4 Å². The number of amides is 1. The monoisotopic (exact) mass is 443 g/mol. The van der Waals surface area contributed by atoms with Crippen molar-refractivity contribution in [1.82, 2.24) is 5.32 Å². The quantitative estimate of drug-likeness (QED) is 0.379. The van der Waals surface area contributed by atoms with E-state index < -0.39 is 0 Å². The van der Waals surface area contributed by atoms with Gasteiger partial charge in [0.1, 0.15) is 5.69 Å². The van der Waals surface area contributed by atoms with Crippen molar-refractivity contribution in [3.05, 3.63) is 106 Å². The molecule has 1 atom stereocenters. The van der Waals surface area contributed by atoms with E-state index in [0.29, 0.717) is 31.6 Å². The smallest absolute Gasteiger partial charge is 0.292 e. The molecule has 3 aromatic carbocycles. The molecule has 0 aliphatic carbocycles. The van der Waals surface area contributed by atoms with Gasteiger partial charge >= 0.3 is 0 Å². The molecule has 6 nitrogen and oxygen atoms in total. The molecule has 1 aliphatic heterocycles. The lowest BCUT2D eigenvalue weighted by molar-refractivity contribution is -0.384. The van der Waals surface area contributed by atoms with Crippen LogP contribution in [0, 0.1) is 16.0 Å². The van der Waals surface area contributed by atoms with Crippen LogP contribution in [0.2, 0.25) is 0 Å². The Kier molecular flexibility index (Phi) is 7.35. The van der Waals surface area contributed by atoms with E-state index in [2.05, 4.69) is 29.6 Å². The maximum absolute atomic E-state index is 13.2. The minimum atomic E-state index is -0.342. The van der Waals surface area contributed by atoms with Crippen LogP contribution < -0.4 is 10.2 Å². The fourth-order valence-electron chi connectivity index (χ4n) is 4.52. The summed E-state index contributed by atoms with van der Waals surface area (Å²) in [6.45, 7) is 1.26. The minimum absolute atomic E-state index is 0.0489. The van der Waals surface area contributed by atoms with E-state index in [1.807, 2.05) is 47.4 Å². The Morgan fingerprint density at radius 3 is 2.21 bits per heavy atom. The Balaban J connectivity index is 1.39. The molecule has 33 heavy (non-hydrogen) atoms. The second-order valence-electron chi connectivity index (χ2n) is 8.50. The number of anilines is 1. The van der Waals surface area contributed by atoms with Crippen LogP contribution in [0.5, 0.6) is 0 Å². The summed E-state index contributed by atoms with van der Waals surface area (Å²) in [5.41, 5.74) is 3.11. The number of piperidine rings is 1. The molecule has 6 heteroatoms. The third kappa shape index (κ3) is 5.77. The van der Waals surface area contributed by atoms with Gasteiger partial charge in [0.05, 0.1) is 11.0 Å². The van der Waals surface area contributed by atoms with Gasteiger partial charge in [-0.15, -0.1) is 0 Å². The number of nitro groups is 1. The largest absolute Gasteiger partial charge is 0.366 e. The van der Waals surface area contributed by atoms with Crippen molar-refractivity contribution in [1.29, 1.82) is 0 Å². The number of nitrogens with zero attached hydrogens (tertiary/aromatic N) is 2. The molecule has 0 bridgehead atoms. The third-order valence-electron chi connectivity index (χ3n) is 6.37. The number of nitrogens with one attached hydrogen (secondary N) is 1. The number of hydrogen-bond acceptors (Lipinski definition) is 4. The maximum Gasteiger partial charge on any atom is 0.292 e. The molecular formula is C27H29N3O3. The van der Waals surface area contributed by atoms with E-state index in [1.165, 1.54) is 11.6 Å². The van der Waals surface area contributed by atoms with Gasteiger partial charge in [-0.2, -0.15) is 0 Å². The van der Waals surface area contributed by atoms with Gasteiger partial charge in [-0.3, -0.25) is 14.9 Å². The van der Waals surface area contributed by atoms with Crippen molar-refractivity contribution in [3.63, 3.8) is 0 Å². The first-order chi connectivity index (χ1) is 16.1. The van der Waals surface area contributed by atoms with Crippen LogP contribution in [0.1, 0.15) is 36.4 Å². The average Bonchev–Trinajstić information content (AvgIpc) is 2.87. The van der Waals surface area contributed by atoms with E-state index in [9.17, 15) is 14.9 Å². The molecule has 1 aliphatic rings. The lowest BCUT2D eigenvalue weighted by Gasteiger charge is -2.33. The molecule has 0 aromatic heterocycles. The summed E-state index contributed by atoms with van der Waals surface area (Å²) in [4.78, 5) is 26.2. The van der Waals surface area contributed by atoms with Crippen LogP contribution in [-0.4, -0.2) is 23.9 Å². The summed E-state index contributed by atoms with van der Waals surface area (Å²) in [6, 6.07) is 27.2. The molecule has 1 unspecified atom stereocenters. The second kappa shape index (κ2) is 10.8. The molecule has 4 rings (SSSR count). The van der Waals surface area contributed by atoms with Crippen molar-refractivity contribution < 1.29 is 9.72 Å². The van der Waals surface area contributed by atoms with Crippen LogP contribution in [0.3, 0.4) is 0 Å². The highest BCUT2D eigenvalue weighted by Gasteiger charge is 2.29. The highest BCUT2D eigenvalue weighted by atomic mass is 16.6. The number of nitro benzene ring substituents is 1. The van der Waals surface area contributed by atoms with E-state index in [4.69, 9.17) is 0 Å². The summed E-state index contributed by atoms with van der Waals surface area (Å²) in [6.07, 6.45) is 3.07. The number of hydrogen-bond donors (Lipinski definition) is 1. The predicted octanol–water partition coefficient (Wildman–Crippen LogP) is 5.30. The molecule has 3 aromatic rings. The first kappa shape index (κ1) is 22.5. The zero-order chi connectivity index (χ0) is 23.0. The lowest BCUT2D eigenvalue weighted by atomic mass is 9.93. The van der Waals surface area contributed by atoms with Gasteiger partial charge in [0.25, 0.3) is 5.69 Å².